The number of amides is 1. The molecule has 0 unspecified atom stereocenters. The molecule has 1 aromatic carbocycles. The van der Waals surface area contributed by atoms with E-state index in [1.54, 1.807) is 35.6 Å². The quantitative estimate of drug-likeness (QED) is 0.447. The fraction of sp³-hybridized carbons (Fsp3) is 0.261. The van der Waals surface area contributed by atoms with Crippen molar-refractivity contribution in [3.8, 4) is 28.5 Å². The monoisotopic (exact) mass is 460 g/mol. The Morgan fingerprint density at radius 1 is 1.24 bits per heavy atom. The topological polar surface area (TPSA) is 126 Å². The van der Waals surface area contributed by atoms with Crippen LogP contribution in [0.5, 0.6) is 5.88 Å². The predicted molar refractivity (Wildman–Crippen MR) is 120 cm³/mol. The van der Waals surface area contributed by atoms with Crippen LogP contribution in [0, 0.1) is 5.82 Å². The second-order valence-corrected chi connectivity index (χ2v) is 8.38. The average Bonchev–Trinajstić information content (AvgIpc) is 3.47. The lowest BCUT2D eigenvalue weighted by molar-refractivity contribution is 0.0954. The minimum Gasteiger partial charge on any atom is -0.467 e. The summed E-state index contributed by atoms with van der Waals surface area (Å²) >= 11 is 0. The number of halogens is 1. The third kappa shape index (κ3) is 2.82. The van der Waals surface area contributed by atoms with E-state index >= 15 is 0 Å². The van der Waals surface area contributed by atoms with Gasteiger partial charge in [0, 0.05) is 42.0 Å². The number of nitrogens with two attached hydrogens (primary N) is 1. The summed E-state index contributed by atoms with van der Waals surface area (Å²) < 4.78 is 23.9. The molecular formula is C23H21FN8O2. The zero-order valence-electron chi connectivity index (χ0n) is 18.7. The van der Waals surface area contributed by atoms with Gasteiger partial charge in [0.2, 0.25) is 0 Å². The number of hydrogen-bond donors (Lipinski definition) is 2. The number of nitrogens with zero attached hydrogens (tertiary/aromatic N) is 6. The standard InChI is InChI=1S/C23H21FN8O2/c1-4-32-20-15-8-26-21(25)23(27-15)34-10(2)13-7-11(24)5-6-12(13)17-14(9-31(3)29-17)18-16(20)19(30-32)22(33)28-18/h5-10,18H,4H2,1-3H3,(H2,25,26)(H,28,33)/t10-,18-/m1/s1. The van der Waals surface area contributed by atoms with E-state index in [0.29, 0.717) is 46.0 Å². The molecule has 4 aromatic rings. The molecule has 0 fully saturated rings. The predicted octanol–water partition coefficient (Wildman–Crippen LogP) is 2.77. The lowest BCUT2D eigenvalue weighted by Gasteiger charge is -2.21. The van der Waals surface area contributed by atoms with Crippen molar-refractivity contribution in [2.24, 2.45) is 7.05 Å². The molecule has 34 heavy (non-hydrogen) atoms. The third-order valence-electron chi connectivity index (χ3n) is 6.24. The molecule has 2 aliphatic rings. The van der Waals surface area contributed by atoms with E-state index < -0.39 is 18.0 Å². The summed E-state index contributed by atoms with van der Waals surface area (Å²) in [6.45, 7) is 4.24. The van der Waals surface area contributed by atoms with Gasteiger partial charge in [0.15, 0.2) is 11.5 Å². The van der Waals surface area contributed by atoms with Gasteiger partial charge >= 0.3 is 0 Å². The Labute approximate surface area is 193 Å². The molecule has 11 heteroatoms. The summed E-state index contributed by atoms with van der Waals surface area (Å²) in [5.74, 6) is -0.470. The largest absolute Gasteiger partial charge is 0.467 e. The Hall–Kier alpha value is -4.28. The highest BCUT2D eigenvalue weighted by molar-refractivity contribution is 6.00. The normalized spacial score (nSPS) is 18.2. The SMILES string of the molecule is CCn1nc2c3c1-c1cnc(N)c(n1)O[C@H](C)c1cc(F)ccc1-c1nn(C)cc1[C@H]3NC2=O. The molecule has 0 radical (unpaired) electrons. The maximum absolute atomic E-state index is 14.3. The summed E-state index contributed by atoms with van der Waals surface area (Å²) in [7, 11) is 1.80. The number of carbonyl (C=O) groups is 1. The number of benzene rings is 1. The third-order valence-corrected chi connectivity index (χ3v) is 6.24. The number of fused-ring (bicyclic) bond motifs is 7. The number of carbonyl (C=O) groups excluding carboxylic acids is 1. The lowest BCUT2D eigenvalue weighted by Crippen LogP contribution is -2.23. The average molecular weight is 460 g/mol. The van der Waals surface area contributed by atoms with Crippen molar-refractivity contribution in [1.29, 1.82) is 0 Å². The van der Waals surface area contributed by atoms with Crippen molar-refractivity contribution in [2.75, 3.05) is 5.73 Å². The fourth-order valence-corrected chi connectivity index (χ4v) is 4.75. The molecule has 1 amide bonds. The molecule has 172 valence electrons. The molecular weight excluding hydrogens is 439 g/mol. The molecule has 5 heterocycles. The molecule has 0 aliphatic carbocycles. The number of aromatic nitrogens is 6. The highest BCUT2D eigenvalue weighted by Crippen LogP contribution is 2.43. The number of ether oxygens (including phenoxy) is 1. The Kier molecular flexibility index (Phi) is 4.25. The minimum atomic E-state index is -0.615. The molecule has 0 saturated heterocycles. The summed E-state index contributed by atoms with van der Waals surface area (Å²) in [5.41, 5.74) is 10.8. The molecule has 0 spiro atoms. The van der Waals surface area contributed by atoms with Gasteiger partial charge in [0.1, 0.15) is 17.6 Å². The van der Waals surface area contributed by atoms with Crippen LogP contribution >= 0.6 is 0 Å². The van der Waals surface area contributed by atoms with Crippen LogP contribution in [0.3, 0.4) is 0 Å². The van der Waals surface area contributed by atoms with Gasteiger partial charge in [-0.25, -0.2) is 14.4 Å². The van der Waals surface area contributed by atoms with E-state index in [2.05, 4.69) is 25.5 Å². The zero-order chi connectivity index (χ0) is 23.7. The van der Waals surface area contributed by atoms with Crippen LogP contribution < -0.4 is 15.8 Å². The number of anilines is 1. The molecule has 2 atom stereocenters. The fourth-order valence-electron chi connectivity index (χ4n) is 4.75. The molecule has 3 aromatic heterocycles. The van der Waals surface area contributed by atoms with Crippen LogP contribution in [-0.2, 0) is 13.6 Å². The van der Waals surface area contributed by atoms with E-state index in [-0.39, 0.29) is 17.6 Å². The highest BCUT2D eigenvalue weighted by Gasteiger charge is 2.40. The van der Waals surface area contributed by atoms with E-state index in [9.17, 15) is 9.18 Å². The van der Waals surface area contributed by atoms with Crippen molar-refractivity contribution in [2.45, 2.75) is 32.5 Å². The van der Waals surface area contributed by atoms with Crippen LogP contribution in [-0.4, -0.2) is 35.4 Å². The maximum atomic E-state index is 14.3. The number of aryl methyl sites for hydroxylation is 2. The summed E-state index contributed by atoms with van der Waals surface area (Å²) in [5, 5.41) is 12.3. The second-order valence-electron chi connectivity index (χ2n) is 8.38. The maximum Gasteiger partial charge on any atom is 0.272 e. The van der Waals surface area contributed by atoms with Gasteiger partial charge in [0.05, 0.1) is 23.6 Å². The van der Waals surface area contributed by atoms with E-state index in [1.807, 2.05) is 13.1 Å². The summed E-state index contributed by atoms with van der Waals surface area (Å²) in [6, 6.07) is 3.93. The molecule has 3 N–H and O–H groups in total. The van der Waals surface area contributed by atoms with Crippen molar-refractivity contribution in [1.82, 2.24) is 34.8 Å². The van der Waals surface area contributed by atoms with E-state index in [1.165, 1.54) is 12.1 Å². The van der Waals surface area contributed by atoms with Gasteiger partial charge < -0.3 is 15.8 Å². The highest BCUT2D eigenvalue weighted by atomic mass is 19.1. The van der Waals surface area contributed by atoms with Gasteiger partial charge in [-0.2, -0.15) is 10.2 Å². The first-order valence-corrected chi connectivity index (χ1v) is 10.9. The number of nitrogens with one attached hydrogen (secondary N) is 1. The first-order chi connectivity index (χ1) is 16.4. The van der Waals surface area contributed by atoms with Crippen LogP contribution in [0.1, 0.15) is 53.2 Å². The Bertz CT molecular complexity index is 1490. The van der Waals surface area contributed by atoms with Crippen LogP contribution in [0.25, 0.3) is 22.6 Å². The molecule has 2 aliphatic heterocycles. The summed E-state index contributed by atoms with van der Waals surface area (Å²) in [6.07, 6.45) is 2.78. The zero-order valence-corrected chi connectivity index (χ0v) is 18.7. The smallest absolute Gasteiger partial charge is 0.272 e. The first-order valence-electron chi connectivity index (χ1n) is 10.9. The van der Waals surface area contributed by atoms with Crippen molar-refractivity contribution < 1.29 is 13.9 Å². The second kappa shape index (κ2) is 7.11. The van der Waals surface area contributed by atoms with Crippen LogP contribution in [0.15, 0.2) is 30.6 Å². The van der Waals surface area contributed by atoms with Gasteiger partial charge in [-0.05, 0) is 32.0 Å². The van der Waals surface area contributed by atoms with Crippen LogP contribution in [0.2, 0.25) is 0 Å². The Morgan fingerprint density at radius 3 is 2.85 bits per heavy atom. The number of nitrogen functional groups attached to an aromatic ring is 1. The molecule has 2 bridgehead atoms. The Balaban J connectivity index is 1.73. The number of hydrogen-bond acceptors (Lipinski definition) is 7. The first kappa shape index (κ1) is 20.3. The minimum absolute atomic E-state index is 0.106. The van der Waals surface area contributed by atoms with Crippen molar-refractivity contribution >= 4 is 11.7 Å². The molecule has 10 nitrogen and oxygen atoms in total. The Morgan fingerprint density at radius 2 is 2.06 bits per heavy atom. The van der Waals surface area contributed by atoms with Crippen molar-refractivity contribution in [3.05, 3.63) is 58.8 Å². The molecule has 0 saturated carbocycles. The molecule has 6 rings (SSSR count). The van der Waals surface area contributed by atoms with Gasteiger partial charge in [0.25, 0.3) is 11.8 Å². The van der Waals surface area contributed by atoms with Crippen LogP contribution in [0.4, 0.5) is 10.2 Å². The van der Waals surface area contributed by atoms with Gasteiger partial charge in [-0.1, -0.05) is 0 Å². The lowest BCUT2D eigenvalue weighted by atomic mass is 9.93. The van der Waals surface area contributed by atoms with Crippen molar-refractivity contribution in [3.63, 3.8) is 0 Å². The van der Waals surface area contributed by atoms with E-state index in [4.69, 9.17) is 10.5 Å². The van der Waals surface area contributed by atoms with Gasteiger partial charge in [-0.15, -0.1) is 0 Å². The summed E-state index contributed by atoms with van der Waals surface area (Å²) in [4.78, 5) is 21.9. The van der Waals surface area contributed by atoms with Gasteiger partial charge in [-0.3, -0.25) is 14.2 Å². The van der Waals surface area contributed by atoms with E-state index in [0.717, 1.165) is 5.56 Å². The number of rotatable bonds is 1.